The SMILES string of the molecule is CN(c1nc(Cl)nc2c(F)c(Br)c(C(F)(F)F)cc12)[C@@H]1C[C@H](OC(C)(C)C)[C@@H]1CO[Si](C)(C)C(C)(C)C. The highest BCUT2D eigenvalue weighted by atomic mass is 79.9. The lowest BCUT2D eigenvalue weighted by atomic mass is 9.75. The number of rotatable bonds is 6. The molecule has 0 N–H and O–H groups in total. The van der Waals surface area contributed by atoms with Gasteiger partial charge in [-0.05, 0) is 78.9 Å². The van der Waals surface area contributed by atoms with Crippen LogP contribution in [-0.2, 0) is 15.3 Å². The number of alkyl halides is 3. The minimum atomic E-state index is -4.77. The summed E-state index contributed by atoms with van der Waals surface area (Å²) >= 11 is 8.85. The van der Waals surface area contributed by atoms with Crippen molar-refractivity contribution in [2.45, 2.75) is 90.0 Å². The highest BCUT2D eigenvalue weighted by molar-refractivity contribution is 9.10. The van der Waals surface area contributed by atoms with E-state index >= 15 is 4.39 Å². The van der Waals surface area contributed by atoms with Crippen molar-refractivity contribution in [3.8, 4) is 0 Å². The number of benzene rings is 1. The first-order valence-corrected chi connectivity index (χ1v) is 16.2. The molecule has 208 valence electrons. The van der Waals surface area contributed by atoms with Gasteiger partial charge < -0.3 is 14.1 Å². The summed E-state index contributed by atoms with van der Waals surface area (Å²) in [5.74, 6) is -1.09. The zero-order chi connectivity index (χ0) is 28.3. The number of anilines is 1. The summed E-state index contributed by atoms with van der Waals surface area (Å²) in [6.07, 6.45) is -4.28. The van der Waals surface area contributed by atoms with Crippen molar-refractivity contribution in [3.05, 3.63) is 27.2 Å². The van der Waals surface area contributed by atoms with Crippen LogP contribution in [0.3, 0.4) is 0 Å². The van der Waals surface area contributed by atoms with Gasteiger partial charge in [0.1, 0.15) is 11.3 Å². The monoisotopic (exact) mass is 627 g/mol. The number of hydrogen-bond acceptors (Lipinski definition) is 5. The van der Waals surface area contributed by atoms with E-state index in [1.165, 1.54) is 0 Å². The summed E-state index contributed by atoms with van der Waals surface area (Å²) in [7, 11) is -0.353. The molecule has 1 aromatic heterocycles. The Balaban J connectivity index is 2.04. The van der Waals surface area contributed by atoms with E-state index in [2.05, 4.69) is 59.8 Å². The molecule has 2 aromatic rings. The molecule has 0 unspecified atom stereocenters. The first-order chi connectivity index (χ1) is 16.6. The molecule has 0 aliphatic heterocycles. The summed E-state index contributed by atoms with van der Waals surface area (Å²) in [4.78, 5) is 9.89. The minimum absolute atomic E-state index is 0.00776. The molecule has 0 saturated heterocycles. The molecule has 0 amide bonds. The van der Waals surface area contributed by atoms with E-state index in [0.29, 0.717) is 13.0 Å². The Bertz CT molecular complexity index is 1170. The van der Waals surface area contributed by atoms with Gasteiger partial charge in [0, 0.05) is 31.0 Å². The van der Waals surface area contributed by atoms with Crippen LogP contribution in [0.1, 0.15) is 53.5 Å². The normalized spacial score (nSPS) is 21.3. The maximum atomic E-state index is 15.0. The Hall–Kier alpha value is -1.01. The van der Waals surface area contributed by atoms with Gasteiger partial charge in [0.25, 0.3) is 0 Å². The van der Waals surface area contributed by atoms with Gasteiger partial charge in [-0.3, -0.25) is 0 Å². The average molecular weight is 629 g/mol. The van der Waals surface area contributed by atoms with Crippen LogP contribution in [0, 0.1) is 11.7 Å². The van der Waals surface area contributed by atoms with Gasteiger partial charge in [-0.1, -0.05) is 20.8 Å². The van der Waals surface area contributed by atoms with E-state index in [1.807, 2.05) is 20.8 Å². The van der Waals surface area contributed by atoms with Gasteiger partial charge in [0.2, 0.25) is 5.28 Å². The number of fused-ring (bicyclic) bond motifs is 1. The topological polar surface area (TPSA) is 47.5 Å². The van der Waals surface area contributed by atoms with Crippen LogP contribution in [0.15, 0.2) is 10.5 Å². The standard InChI is InChI=1S/C25H35BrClF4N3O2Si/c1-23(2,3)36-17-11-16(14(17)12-35-37(8,9)24(4,5)6)34(7)21-13-10-15(25(29,30)31)18(26)19(28)20(13)32-22(27)33-21/h10,14,16-17H,11-12H2,1-9H3/t14-,16-,17+/m1/s1. The molecule has 1 aliphatic carbocycles. The molecular weight excluding hydrogens is 594 g/mol. The fourth-order valence-electron chi connectivity index (χ4n) is 4.21. The highest BCUT2D eigenvalue weighted by Gasteiger charge is 2.48. The van der Waals surface area contributed by atoms with Gasteiger partial charge in [0.15, 0.2) is 14.1 Å². The largest absolute Gasteiger partial charge is 0.417 e. The van der Waals surface area contributed by atoms with Gasteiger partial charge in [-0.15, -0.1) is 0 Å². The van der Waals surface area contributed by atoms with Crippen LogP contribution in [0.5, 0.6) is 0 Å². The van der Waals surface area contributed by atoms with Crippen LogP contribution >= 0.6 is 27.5 Å². The zero-order valence-electron chi connectivity index (χ0n) is 22.6. The van der Waals surface area contributed by atoms with Gasteiger partial charge in [-0.2, -0.15) is 18.2 Å². The molecule has 37 heavy (non-hydrogen) atoms. The predicted molar refractivity (Wildman–Crippen MR) is 145 cm³/mol. The van der Waals surface area contributed by atoms with E-state index in [0.717, 1.165) is 6.07 Å². The van der Waals surface area contributed by atoms with Crippen molar-refractivity contribution in [3.63, 3.8) is 0 Å². The third-order valence-electron chi connectivity index (χ3n) is 7.35. The highest BCUT2D eigenvalue weighted by Crippen LogP contribution is 2.45. The Labute approximate surface area is 230 Å². The summed E-state index contributed by atoms with van der Waals surface area (Å²) < 4.78 is 68.2. The van der Waals surface area contributed by atoms with E-state index in [9.17, 15) is 13.2 Å². The average Bonchev–Trinajstić information content (AvgIpc) is 2.70. The third kappa shape index (κ3) is 6.42. The molecule has 0 bridgehead atoms. The third-order valence-corrected chi connectivity index (χ3v) is 12.8. The molecule has 1 fully saturated rings. The molecule has 1 aliphatic rings. The second-order valence-corrected chi connectivity index (χ2v) is 18.1. The van der Waals surface area contributed by atoms with Gasteiger partial charge in [0.05, 0.1) is 21.7 Å². The number of halogens is 6. The fraction of sp³-hybridized carbons (Fsp3) is 0.680. The lowest BCUT2D eigenvalue weighted by Crippen LogP contribution is -2.60. The molecule has 12 heteroatoms. The van der Waals surface area contributed by atoms with Crippen LogP contribution < -0.4 is 4.90 Å². The number of ether oxygens (including phenoxy) is 1. The smallest absolute Gasteiger partial charge is 0.416 e. The van der Waals surface area contributed by atoms with Crippen LogP contribution in [0.4, 0.5) is 23.4 Å². The van der Waals surface area contributed by atoms with E-state index in [-0.39, 0.29) is 50.7 Å². The van der Waals surface area contributed by atoms with Crippen molar-refractivity contribution in [1.82, 2.24) is 9.97 Å². The van der Waals surface area contributed by atoms with Crippen molar-refractivity contribution < 1.29 is 26.7 Å². The molecule has 1 aromatic carbocycles. The first-order valence-electron chi connectivity index (χ1n) is 12.1. The Morgan fingerprint density at radius 3 is 2.24 bits per heavy atom. The van der Waals surface area contributed by atoms with Crippen LogP contribution in [0.2, 0.25) is 23.4 Å². The quantitative estimate of drug-likeness (QED) is 0.183. The maximum Gasteiger partial charge on any atom is 0.417 e. The van der Waals surface area contributed by atoms with E-state index in [1.54, 1.807) is 11.9 Å². The Morgan fingerprint density at radius 1 is 1.14 bits per heavy atom. The zero-order valence-corrected chi connectivity index (χ0v) is 26.0. The predicted octanol–water partition coefficient (Wildman–Crippen LogP) is 8.23. The van der Waals surface area contributed by atoms with E-state index < -0.39 is 30.3 Å². The summed E-state index contributed by atoms with van der Waals surface area (Å²) in [5, 5.41) is -0.312. The number of aromatic nitrogens is 2. The molecule has 0 spiro atoms. The molecular formula is C25H35BrClF4N3O2Si. The van der Waals surface area contributed by atoms with Crippen molar-refractivity contribution in [1.29, 1.82) is 0 Å². The Morgan fingerprint density at radius 2 is 1.73 bits per heavy atom. The summed E-state index contributed by atoms with van der Waals surface area (Å²) in [5.41, 5.74) is -1.80. The second kappa shape index (κ2) is 10.2. The molecule has 0 radical (unpaired) electrons. The number of nitrogens with zero attached hydrogens (tertiary/aromatic N) is 3. The Kier molecular flexibility index (Phi) is 8.40. The van der Waals surface area contributed by atoms with Gasteiger partial charge in [-0.25, -0.2) is 9.37 Å². The molecule has 5 nitrogen and oxygen atoms in total. The van der Waals surface area contributed by atoms with Crippen molar-refractivity contribution >= 4 is 52.6 Å². The summed E-state index contributed by atoms with van der Waals surface area (Å²) in [6, 6.07) is 0.695. The first kappa shape index (κ1) is 30.5. The van der Waals surface area contributed by atoms with Crippen LogP contribution in [-0.4, -0.2) is 49.7 Å². The van der Waals surface area contributed by atoms with Crippen molar-refractivity contribution in [2.75, 3.05) is 18.6 Å². The fourth-order valence-corrected chi connectivity index (χ4v) is 5.94. The summed E-state index contributed by atoms with van der Waals surface area (Å²) in [6.45, 7) is 17.2. The number of hydrogen-bond donors (Lipinski definition) is 0. The molecule has 3 rings (SSSR count). The van der Waals surface area contributed by atoms with Crippen molar-refractivity contribution in [2.24, 2.45) is 5.92 Å². The van der Waals surface area contributed by atoms with Gasteiger partial charge >= 0.3 is 6.18 Å². The lowest BCUT2D eigenvalue weighted by Gasteiger charge is -2.51. The maximum absolute atomic E-state index is 15.0. The lowest BCUT2D eigenvalue weighted by molar-refractivity contribution is -0.141. The minimum Gasteiger partial charge on any atom is -0.416 e. The molecule has 1 saturated carbocycles. The van der Waals surface area contributed by atoms with Crippen LogP contribution in [0.25, 0.3) is 10.9 Å². The molecule has 1 heterocycles. The second-order valence-electron chi connectivity index (χ2n) is 12.2. The van der Waals surface area contributed by atoms with E-state index in [4.69, 9.17) is 20.8 Å². The molecule has 3 atom stereocenters.